The lowest BCUT2D eigenvalue weighted by Crippen LogP contribution is -2.42. The van der Waals surface area contributed by atoms with E-state index in [-0.39, 0.29) is 5.91 Å². The number of fused-ring (bicyclic) bond motifs is 1. The molecule has 0 spiro atoms. The lowest BCUT2D eigenvalue weighted by molar-refractivity contribution is 0.0953. The van der Waals surface area contributed by atoms with Crippen LogP contribution in [-0.4, -0.2) is 30.0 Å². The summed E-state index contributed by atoms with van der Waals surface area (Å²) >= 11 is 0. The highest BCUT2D eigenvalue weighted by molar-refractivity contribution is 6.05. The van der Waals surface area contributed by atoms with Gasteiger partial charge in [-0.05, 0) is 96.6 Å². The minimum absolute atomic E-state index is 0.111. The normalized spacial score (nSPS) is 18.2. The number of carbonyl (C=O) groups excluding carboxylic acids is 1. The summed E-state index contributed by atoms with van der Waals surface area (Å²) in [6.45, 7) is 5.68. The van der Waals surface area contributed by atoms with Gasteiger partial charge in [-0.3, -0.25) is 9.69 Å². The molecule has 1 aliphatic rings. The zero-order chi connectivity index (χ0) is 25.1. The second-order valence-electron chi connectivity index (χ2n) is 9.96. The molecule has 2 atom stereocenters. The van der Waals surface area contributed by atoms with Crippen LogP contribution in [0, 0.1) is 0 Å². The van der Waals surface area contributed by atoms with Gasteiger partial charge in [0.1, 0.15) is 5.75 Å². The molecule has 1 heterocycles. The van der Waals surface area contributed by atoms with Gasteiger partial charge < -0.3 is 10.1 Å². The molecule has 1 amide bonds. The molecule has 4 aromatic rings. The Balaban J connectivity index is 1.26. The van der Waals surface area contributed by atoms with Crippen molar-refractivity contribution < 1.29 is 9.53 Å². The zero-order valence-electron chi connectivity index (χ0n) is 21.3. The summed E-state index contributed by atoms with van der Waals surface area (Å²) in [6, 6.07) is 29.7. The van der Waals surface area contributed by atoms with Crippen molar-refractivity contribution >= 4 is 22.4 Å². The number of amides is 1. The summed E-state index contributed by atoms with van der Waals surface area (Å²) in [5, 5.41) is 5.38. The number of methoxy groups -OCH3 is 1. The Labute approximate surface area is 213 Å². The summed E-state index contributed by atoms with van der Waals surface area (Å²) in [7, 11) is 1.66. The molecule has 1 aliphatic heterocycles. The summed E-state index contributed by atoms with van der Waals surface area (Å²) < 4.78 is 5.23. The van der Waals surface area contributed by atoms with E-state index < -0.39 is 0 Å². The summed E-state index contributed by atoms with van der Waals surface area (Å²) in [4.78, 5) is 15.5. The lowest BCUT2D eigenvalue weighted by Gasteiger charge is -2.39. The van der Waals surface area contributed by atoms with E-state index >= 15 is 0 Å². The second kappa shape index (κ2) is 10.5. The number of piperidine rings is 1. The lowest BCUT2D eigenvalue weighted by atomic mass is 9.96. The molecule has 0 radical (unpaired) electrons. The smallest absolute Gasteiger partial charge is 0.255 e. The van der Waals surface area contributed by atoms with Crippen LogP contribution in [0.3, 0.4) is 0 Å². The first-order valence-electron chi connectivity index (χ1n) is 12.8. The summed E-state index contributed by atoms with van der Waals surface area (Å²) in [5.74, 6) is 0.716. The van der Waals surface area contributed by atoms with E-state index in [4.69, 9.17) is 4.74 Å². The van der Waals surface area contributed by atoms with Gasteiger partial charge in [-0.1, -0.05) is 48.9 Å². The number of carbonyl (C=O) groups is 1. The molecular formula is C32H34N2O2. The number of rotatable bonds is 6. The Morgan fingerprint density at radius 2 is 1.44 bits per heavy atom. The number of nitrogens with zero attached hydrogens (tertiary/aromatic N) is 1. The molecule has 0 aromatic heterocycles. The fourth-order valence-electron chi connectivity index (χ4n) is 5.27. The van der Waals surface area contributed by atoms with Gasteiger partial charge >= 0.3 is 0 Å². The second-order valence-corrected chi connectivity index (χ2v) is 9.96. The highest BCUT2D eigenvalue weighted by atomic mass is 16.5. The predicted molar refractivity (Wildman–Crippen MR) is 149 cm³/mol. The molecule has 1 saturated heterocycles. The van der Waals surface area contributed by atoms with Crippen molar-refractivity contribution in [2.75, 3.05) is 12.4 Å². The molecule has 4 aromatic carbocycles. The first kappa shape index (κ1) is 24.1. The fourth-order valence-corrected chi connectivity index (χ4v) is 5.27. The third-order valence-corrected chi connectivity index (χ3v) is 7.47. The van der Waals surface area contributed by atoms with E-state index in [0.29, 0.717) is 17.6 Å². The standard InChI is InChI=1S/C32H34N2O2/c1-22-5-4-6-23(2)34(22)21-24-7-8-29-20-30(16-13-28(29)19-24)33-32(35)27-11-9-25(10-12-27)26-14-17-31(36-3)18-15-26/h7-20,22-23H,4-6,21H2,1-3H3,(H,33,35)/t22-,23?/m0/s1. The van der Waals surface area contributed by atoms with Gasteiger partial charge in [0.15, 0.2) is 0 Å². The van der Waals surface area contributed by atoms with Crippen molar-refractivity contribution in [1.29, 1.82) is 0 Å². The zero-order valence-corrected chi connectivity index (χ0v) is 21.3. The predicted octanol–water partition coefficient (Wildman–Crippen LogP) is 7.53. The number of ether oxygens (including phenoxy) is 1. The average molecular weight is 479 g/mol. The average Bonchev–Trinajstić information content (AvgIpc) is 2.91. The van der Waals surface area contributed by atoms with Crippen LogP contribution < -0.4 is 10.1 Å². The SMILES string of the molecule is COc1ccc(-c2ccc(C(=O)Nc3ccc4cc(CN5C(C)CCC[C@@H]5C)ccc4c3)cc2)cc1. The summed E-state index contributed by atoms with van der Waals surface area (Å²) in [5.41, 5.74) is 4.92. The van der Waals surface area contributed by atoms with Crippen molar-refractivity contribution in [3.63, 3.8) is 0 Å². The van der Waals surface area contributed by atoms with E-state index in [1.807, 2.05) is 54.6 Å². The summed E-state index contributed by atoms with van der Waals surface area (Å²) in [6.07, 6.45) is 3.90. The van der Waals surface area contributed by atoms with Crippen molar-refractivity contribution in [3.8, 4) is 16.9 Å². The van der Waals surface area contributed by atoms with E-state index in [1.54, 1.807) is 7.11 Å². The van der Waals surface area contributed by atoms with Crippen LogP contribution in [0.15, 0.2) is 84.9 Å². The van der Waals surface area contributed by atoms with Gasteiger partial charge in [0.25, 0.3) is 5.91 Å². The first-order chi connectivity index (χ1) is 17.5. The van der Waals surface area contributed by atoms with Crippen molar-refractivity contribution in [1.82, 2.24) is 4.90 Å². The van der Waals surface area contributed by atoms with Gasteiger partial charge in [0, 0.05) is 29.9 Å². The highest BCUT2D eigenvalue weighted by Gasteiger charge is 2.24. The van der Waals surface area contributed by atoms with Gasteiger partial charge in [-0.25, -0.2) is 0 Å². The topological polar surface area (TPSA) is 41.6 Å². The maximum Gasteiger partial charge on any atom is 0.255 e. The van der Waals surface area contributed by atoms with E-state index in [1.165, 1.54) is 30.2 Å². The Morgan fingerprint density at radius 3 is 2.11 bits per heavy atom. The number of hydrogen-bond acceptors (Lipinski definition) is 3. The molecular weight excluding hydrogens is 444 g/mol. The Bertz CT molecular complexity index is 1340. The number of likely N-dealkylation sites (tertiary alicyclic amines) is 1. The molecule has 0 saturated carbocycles. The van der Waals surface area contributed by atoms with Gasteiger partial charge in [-0.2, -0.15) is 0 Å². The Morgan fingerprint density at radius 1 is 0.833 bits per heavy atom. The largest absolute Gasteiger partial charge is 0.497 e. The molecule has 1 unspecified atom stereocenters. The number of benzene rings is 4. The van der Waals surface area contributed by atoms with Gasteiger partial charge in [0.05, 0.1) is 7.11 Å². The third kappa shape index (κ3) is 5.29. The van der Waals surface area contributed by atoms with Crippen LogP contribution in [0.1, 0.15) is 49.0 Å². The molecule has 0 aliphatic carbocycles. The first-order valence-corrected chi connectivity index (χ1v) is 12.8. The van der Waals surface area contributed by atoms with Crippen molar-refractivity contribution in [2.45, 2.75) is 51.7 Å². The van der Waals surface area contributed by atoms with Gasteiger partial charge in [-0.15, -0.1) is 0 Å². The molecule has 1 fully saturated rings. The molecule has 4 nitrogen and oxygen atoms in total. The Hall–Kier alpha value is -3.63. The van der Waals surface area contributed by atoms with Crippen LogP contribution in [0.25, 0.3) is 21.9 Å². The van der Waals surface area contributed by atoms with E-state index in [2.05, 4.69) is 54.4 Å². The van der Waals surface area contributed by atoms with Crippen molar-refractivity contribution in [3.05, 3.63) is 96.1 Å². The van der Waals surface area contributed by atoms with Crippen molar-refractivity contribution in [2.24, 2.45) is 0 Å². The van der Waals surface area contributed by atoms with Crippen LogP contribution in [-0.2, 0) is 6.54 Å². The number of nitrogens with one attached hydrogen (secondary N) is 1. The molecule has 184 valence electrons. The molecule has 4 heteroatoms. The van der Waals surface area contributed by atoms with E-state index in [9.17, 15) is 4.79 Å². The van der Waals surface area contributed by atoms with Crippen LogP contribution >= 0.6 is 0 Å². The minimum Gasteiger partial charge on any atom is -0.497 e. The molecule has 0 bridgehead atoms. The monoisotopic (exact) mass is 478 g/mol. The fraction of sp³-hybridized carbons (Fsp3) is 0.281. The van der Waals surface area contributed by atoms with Gasteiger partial charge in [0.2, 0.25) is 0 Å². The molecule has 5 rings (SSSR count). The quantitative estimate of drug-likeness (QED) is 0.311. The Kier molecular flexibility index (Phi) is 7.06. The number of hydrogen-bond donors (Lipinski definition) is 1. The van der Waals surface area contributed by atoms with Crippen LogP contribution in [0.2, 0.25) is 0 Å². The van der Waals surface area contributed by atoms with Crippen LogP contribution in [0.4, 0.5) is 5.69 Å². The molecule has 1 N–H and O–H groups in total. The minimum atomic E-state index is -0.111. The number of anilines is 1. The highest BCUT2D eigenvalue weighted by Crippen LogP contribution is 2.27. The third-order valence-electron chi connectivity index (χ3n) is 7.47. The van der Waals surface area contributed by atoms with Crippen LogP contribution in [0.5, 0.6) is 5.75 Å². The maximum atomic E-state index is 12.9. The molecule has 36 heavy (non-hydrogen) atoms. The maximum absolute atomic E-state index is 12.9. The van der Waals surface area contributed by atoms with E-state index in [0.717, 1.165) is 34.5 Å².